The summed E-state index contributed by atoms with van der Waals surface area (Å²) in [6.07, 6.45) is 3.10. The molecule has 0 spiro atoms. The quantitative estimate of drug-likeness (QED) is 0.735. The van der Waals surface area contributed by atoms with Crippen LogP contribution in [0.4, 0.5) is 0 Å². The number of fused-ring (bicyclic) bond motifs is 1. The predicted molar refractivity (Wildman–Crippen MR) is 101 cm³/mol. The number of rotatable bonds is 4. The Labute approximate surface area is 155 Å². The Hall–Kier alpha value is -2.10. The first kappa shape index (κ1) is 18.7. The molecule has 0 bridgehead atoms. The van der Waals surface area contributed by atoms with Crippen LogP contribution in [-0.2, 0) is 20.8 Å². The van der Waals surface area contributed by atoms with E-state index >= 15 is 0 Å². The molecule has 0 saturated carbocycles. The summed E-state index contributed by atoms with van der Waals surface area (Å²) in [5, 5.41) is 4.52. The Kier molecular flexibility index (Phi) is 4.72. The molecule has 0 fully saturated rings. The zero-order chi connectivity index (χ0) is 19.1. The molecule has 0 radical (unpaired) electrons. The smallest absolute Gasteiger partial charge is 0.241 e. The molecule has 2 aromatic heterocycles. The minimum Gasteiger partial charge on any atom is -0.251 e. The van der Waals surface area contributed by atoms with Crippen molar-refractivity contribution >= 4 is 26.3 Å². The van der Waals surface area contributed by atoms with E-state index < -0.39 is 26.4 Å². The van der Waals surface area contributed by atoms with Crippen molar-refractivity contribution in [3.05, 3.63) is 42.6 Å². The average Bonchev–Trinajstić information content (AvgIpc) is 2.95. The molecule has 0 saturated heterocycles. The molecular weight excluding hydrogens is 372 g/mol. The SMILES string of the molecule is CS(=O)c1ncc2ccc(-c3cccc(S(=O)(=O)NC(C)(C)C)c3)n2n1. The molecule has 0 aliphatic rings. The van der Waals surface area contributed by atoms with Crippen LogP contribution in [0.2, 0.25) is 0 Å². The zero-order valence-corrected chi connectivity index (χ0v) is 16.6. The minimum absolute atomic E-state index is 0.174. The van der Waals surface area contributed by atoms with E-state index in [9.17, 15) is 12.6 Å². The van der Waals surface area contributed by atoms with Gasteiger partial charge in [0, 0.05) is 17.4 Å². The number of nitrogens with zero attached hydrogens (tertiary/aromatic N) is 3. The molecule has 0 amide bonds. The van der Waals surface area contributed by atoms with E-state index in [1.165, 1.54) is 6.26 Å². The summed E-state index contributed by atoms with van der Waals surface area (Å²) in [4.78, 5) is 4.25. The zero-order valence-electron chi connectivity index (χ0n) is 14.9. The van der Waals surface area contributed by atoms with Crippen LogP contribution in [0.5, 0.6) is 0 Å². The van der Waals surface area contributed by atoms with Crippen molar-refractivity contribution in [1.82, 2.24) is 19.3 Å². The fourth-order valence-corrected chi connectivity index (χ4v) is 4.38. The van der Waals surface area contributed by atoms with E-state index in [4.69, 9.17) is 0 Å². The van der Waals surface area contributed by atoms with Crippen molar-refractivity contribution in [1.29, 1.82) is 0 Å². The molecule has 0 aliphatic carbocycles. The third-order valence-corrected chi connectivity index (χ3v) is 5.97. The second-order valence-electron chi connectivity index (χ2n) is 6.93. The fourth-order valence-electron chi connectivity index (χ4n) is 2.52. The van der Waals surface area contributed by atoms with Gasteiger partial charge >= 0.3 is 0 Å². The van der Waals surface area contributed by atoms with Crippen LogP contribution in [0.1, 0.15) is 20.8 Å². The van der Waals surface area contributed by atoms with Crippen molar-refractivity contribution in [3.8, 4) is 11.3 Å². The van der Waals surface area contributed by atoms with Crippen LogP contribution < -0.4 is 4.72 Å². The van der Waals surface area contributed by atoms with Gasteiger partial charge in [-0.1, -0.05) is 12.1 Å². The van der Waals surface area contributed by atoms with E-state index in [0.29, 0.717) is 11.3 Å². The van der Waals surface area contributed by atoms with E-state index in [-0.39, 0.29) is 10.1 Å². The Morgan fingerprint density at radius 3 is 2.54 bits per heavy atom. The van der Waals surface area contributed by atoms with Crippen LogP contribution >= 0.6 is 0 Å². The van der Waals surface area contributed by atoms with Crippen LogP contribution in [0, 0.1) is 0 Å². The molecule has 1 aromatic carbocycles. The lowest BCUT2D eigenvalue weighted by atomic mass is 10.1. The molecule has 1 unspecified atom stereocenters. The average molecular weight is 393 g/mol. The standard InChI is InChI=1S/C17H20N4O3S2/c1-17(2,3)20-26(23,24)14-7-5-6-12(10-14)15-9-8-13-11-18-16(25(4)22)19-21(13)15/h5-11,20H,1-4H3. The normalized spacial score (nSPS) is 13.8. The summed E-state index contributed by atoms with van der Waals surface area (Å²) >= 11 is 0. The lowest BCUT2D eigenvalue weighted by Crippen LogP contribution is -2.40. The van der Waals surface area contributed by atoms with Gasteiger partial charge in [0.05, 0.1) is 33.1 Å². The molecule has 138 valence electrons. The van der Waals surface area contributed by atoms with Gasteiger partial charge in [0.1, 0.15) is 0 Å². The number of sulfonamides is 1. The van der Waals surface area contributed by atoms with Crippen molar-refractivity contribution in [2.45, 2.75) is 36.4 Å². The first-order valence-corrected chi connectivity index (χ1v) is 10.9. The molecule has 26 heavy (non-hydrogen) atoms. The Morgan fingerprint density at radius 1 is 1.15 bits per heavy atom. The van der Waals surface area contributed by atoms with Gasteiger partial charge in [0.2, 0.25) is 15.2 Å². The lowest BCUT2D eigenvalue weighted by molar-refractivity contribution is 0.491. The maximum Gasteiger partial charge on any atom is 0.241 e. The van der Waals surface area contributed by atoms with Gasteiger partial charge in [-0.3, -0.25) is 4.21 Å². The maximum absolute atomic E-state index is 12.6. The number of nitrogens with one attached hydrogen (secondary N) is 1. The minimum atomic E-state index is -3.65. The van der Waals surface area contributed by atoms with Gasteiger partial charge in [0.25, 0.3) is 0 Å². The summed E-state index contributed by atoms with van der Waals surface area (Å²) in [6, 6.07) is 10.3. The Balaban J connectivity index is 2.10. The summed E-state index contributed by atoms with van der Waals surface area (Å²) in [6.45, 7) is 5.37. The van der Waals surface area contributed by atoms with Crippen molar-refractivity contribution < 1.29 is 12.6 Å². The summed E-state index contributed by atoms with van der Waals surface area (Å²) in [5.41, 5.74) is 1.54. The second-order valence-corrected chi connectivity index (χ2v) is 9.89. The van der Waals surface area contributed by atoms with Crippen molar-refractivity contribution in [2.75, 3.05) is 6.26 Å². The van der Waals surface area contributed by atoms with E-state index in [2.05, 4.69) is 14.8 Å². The highest BCUT2D eigenvalue weighted by molar-refractivity contribution is 7.89. The molecule has 3 aromatic rings. The summed E-state index contributed by atoms with van der Waals surface area (Å²) in [5.74, 6) is 0. The molecule has 1 N–H and O–H groups in total. The van der Waals surface area contributed by atoms with Crippen molar-refractivity contribution in [2.24, 2.45) is 0 Å². The van der Waals surface area contributed by atoms with E-state index in [1.807, 2.05) is 18.2 Å². The molecule has 7 nitrogen and oxygen atoms in total. The molecule has 9 heteroatoms. The summed E-state index contributed by atoms with van der Waals surface area (Å²) < 4.78 is 41.1. The third-order valence-electron chi connectivity index (χ3n) is 3.52. The van der Waals surface area contributed by atoms with E-state index in [0.717, 1.165) is 5.52 Å². The van der Waals surface area contributed by atoms with Gasteiger partial charge in [-0.05, 0) is 45.0 Å². The molecule has 2 heterocycles. The van der Waals surface area contributed by atoms with Gasteiger partial charge in [-0.25, -0.2) is 22.6 Å². The number of hydrogen-bond acceptors (Lipinski definition) is 5. The highest BCUT2D eigenvalue weighted by Gasteiger charge is 2.22. The fraction of sp³-hybridized carbons (Fsp3) is 0.294. The Bertz CT molecular complexity index is 1100. The van der Waals surface area contributed by atoms with Crippen LogP contribution in [-0.4, -0.2) is 39.0 Å². The van der Waals surface area contributed by atoms with Crippen LogP contribution in [0.3, 0.4) is 0 Å². The number of aromatic nitrogens is 3. The highest BCUT2D eigenvalue weighted by atomic mass is 32.2. The van der Waals surface area contributed by atoms with Gasteiger partial charge in [-0.15, -0.1) is 5.10 Å². The Morgan fingerprint density at radius 2 is 1.88 bits per heavy atom. The largest absolute Gasteiger partial charge is 0.251 e. The summed E-state index contributed by atoms with van der Waals surface area (Å²) in [7, 11) is -4.96. The maximum atomic E-state index is 12.6. The second kappa shape index (κ2) is 6.57. The topological polar surface area (TPSA) is 93.4 Å². The van der Waals surface area contributed by atoms with Gasteiger partial charge in [-0.2, -0.15) is 0 Å². The van der Waals surface area contributed by atoms with Gasteiger partial charge < -0.3 is 0 Å². The number of benzene rings is 1. The van der Waals surface area contributed by atoms with E-state index in [1.54, 1.807) is 49.7 Å². The molecule has 3 rings (SSSR count). The molecule has 0 aliphatic heterocycles. The van der Waals surface area contributed by atoms with Crippen molar-refractivity contribution in [3.63, 3.8) is 0 Å². The highest BCUT2D eigenvalue weighted by Crippen LogP contribution is 2.25. The first-order chi connectivity index (χ1) is 12.1. The third kappa shape index (κ3) is 3.84. The van der Waals surface area contributed by atoms with Crippen LogP contribution in [0.15, 0.2) is 52.6 Å². The molecule has 1 atom stereocenters. The van der Waals surface area contributed by atoms with Gasteiger partial charge in [0.15, 0.2) is 0 Å². The monoisotopic (exact) mass is 392 g/mol. The predicted octanol–water partition coefficient (Wildman–Crippen LogP) is 2.21. The van der Waals surface area contributed by atoms with Crippen LogP contribution in [0.25, 0.3) is 16.8 Å². The molecular formula is C17H20N4O3S2. The lowest BCUT2D eigenvalue weighted by Gasteiger charge is -2.20. The first-order valence-electron chi connectivity index (χ1n) is 7.89. The number of hydrogen-bond donors (Lipinski definition) is 1.